The smallest absolute Gasteiger partial charge is 0.329 e. The molecule has 2 aromatic rings. The van der Waals surface area contributed by atoms with Gasteiger partial charge in [-0.2, -0.15) is 5.10 Å². The number of benzene rings is 2. The molecule has 2 aromatic carbocycles. The second-order valence-electron chi connectivity index (χ2n) is 5.33. The predicted octanol–water partition coefficient (Wildman–Crippen LogP) is 2.51. The van der Waals surface area contributed by atoms with Gasteiger partial charge in [-0.15, -0.1) is 0 Å². The molecule has 0 saturated heterocycles. The molecule has 2 N–H and O–H groups in total. The molecule has 0 aromatic heterocycles. The molecular weight excluding hydrogens is 370 g/mol. The van der Waals surface area contributed by atoms with Crippen molar-refractivity contribution in [1.29, 1.82) is 0 Å². The van der Waals surface area contributed by atoms with Gasteiger partial charge in [-0.1, -0.05) is 41.9 Å². The van der Waals surface area contributed by atoms with E-state index in [1.54, 1.807) is 12.1 Å². The van der Waals surface area contributed by atoms with Crippen LogP contribution in [-0.4, -0.2) is 31.7 Å². The number of hydrazone groups is 1. The Hall–Kier alpha value is -3.06. The highest BCUT2D eigenvalue weighted by Crippen LogP contribution is 2.35. The molecule has 0 unspecified atom stereocenters. The Bertz CT molecular complexity index is 825. The zero-order chi connectivity index (χ0) is 19.6. The quantitative estimate of drug-likeness (QED) is 0.432. The van der Waals surface area contributed by atoms with Crippen molar-refractivity contribution in [2.45, 2.75) is 13.5 Å². The maximum Gasteiger partial charge on any atom is 0.329 e. The molecule has 0 bridgehead atoms. The summed E-state index contributed by atoms with van der Waals surface area (Å²) in [4.78, 5) is 23.6. The number of amides is 2. The summed E-state index contributed by atoms with van der Waals surface area (Å²) in [5.74, 6) is -0.772. The predicted molar refractivity (Wildman–Crippen MR) is 103 cm³/mol. The fraction of sp³-hybridized carbons (Fsp3) is 0.211. The minimum Gasteiger partial charge on any atom is -0.491 e. The lowest BCUT2D eigenvalue weighted by Gasteiger charge is -2.11. The molecule has 27 heavy (non-hydrogen) atoms. The zero-order valence-corrected chi connectivity index (χ0v) is 15.7. The van der Waals surface area contributed by atoms with Gasteiger partial charge < -0.3 is 14.8 Å². The van der Waals surface area contributed by atoms with Gasteiger partial charge in [-0.05, 0) is 30.2 Å². The third-order valence-electron chi connectivity index (χ3n) is 3.42. The molecule has 0 aliphatic carbocycles. The van der Waals surface area contributed by atoms with E-state index in [-0.39, 0.29) is 6.54 Å². The summed E-state index contributed by atoms with van der Waals surface area (Å²) >= 11 is 6.14. The number of hydrogen-bond donors (Lipinski definition) is 2. The van der Waals surface area contributed by atoms with Gasteiger partial charge in [-0.25, -0.2) is 5.43 Å². The molecule has 2 rings (SSSR count). The third-order valence-corrected chi connectivity index (χ3v) is 3.70. The van der Waals surface area contributed by atoms with Gasteiger partial charge in [0, 0.05) is 6.54 Å². The first-order valence-electron chi connectivity index (χ1n) is 8.20. The van der Waals surface area contributed by atoms with Crippen molar-refractivity contribution in [3.63, 3.8) is 0 Å². The molecule has 0 radical (unpaired) electrons. The van der Waals surface area contributed by atoms with E-state index in [1.165, 1.54) is 13.3 Å². The fourth-order valence-corrected chi connectivity index (χ4v) is 2.49. The Morgan fingerprint density at radius 1 is 1.19 bits per heavy atom. The lowest BCUT2D eigenvalue weighted by atomic mass is 10.2. The first-order valence-corrected chi connectivity index (χ1v) is 8.58. The van der Waals surface area contributed by atoms with Crippen LogP contribution in [0.3, 0.4) is 0 Å². The van der Waals surface area contributed by atoms with Crippen molar-refractivity contribution in [2.24, 2.45) is 5.10 Å². The fourth-order valence-electron chi connectivity index (χ4n) is 2.20. The van der Waals surface area contributed by atoms with E-state index in [4.69, 9.17) is 21.1 Å². The lowest BCUT2D eigenvalue weighted by Crippen LogP contribution is -2.37. The number of carbonyl (C=O) groups excluding carboxylic acids is 2. The van der Waals surface area contributed by atoms with Gasteiger partial charge >= 0.3 is 11.8 Å². The SMILES string of the molecule is CCOc1cc(/C=N\NC(=O)C(=O)NCc2ccccc2)cc(Cl)c1OC. The van der Waals surface area contributed by atoms with Crippen LogP contribution in [0.2, 0.25) is 5.02 Å². The van der Waals surface area contributed by atoms with Gasteiger partial charge in [0.1, 0.15) is 0 Å². The first-order chi connectivity index (χ1) is 13.0. The van der Waals surface area contributed by atoms with Crippen LogP contribution >= 0.6 is 11.6 Å². The van der Waals surface area contributed by atoms with Crippen LogP contribution in [0.5, 0.6) is 11.5 Å². The molecule has 0 aliphatic rings. The summed E-state index contributed by atoms with van der Waals surface area (Å²) in [5, 5.41) is 6.63. The van der Waals surface area contributed by atoms with Gasteiger partial charge in [0.15, 0.2) is 11.5 Å². The van der Waals surface area contributed by atoms with Crippen molar-refractivity contribution in [2.75, 3.05) is 13.7 Å². The van der Waals surface area contributed by atoms with Crippen molar-refractivity contribution in [1.82, 2.24) is 10.7 Å². The summed E-state index contributed by atoms with van der Waals surface area (Å²) in [5.41, 5.74) is 3.64. The Labute approximate surface area is 162 Å². The zero-order valence-electron chi connectivity index (χ0n) is 15.0. The first kappa shape index (κ1) is 20.3. The molecule has 0 fully saturated rings. The Balaban J connectivity index is 1.94. The summed E-state index contributed by atoms with van der Waals surface area (Å²) in [7, 11) is 1.49. The van der Waals surface area contributed by atoms with E-state index >= 15 is 0 Å². The minimum absolute atomic E-state index is 0.253. The van der Waals surface area contributed by atoms with Gasteiger partial charge in [0.2, 0.25) is 0 Å². The standard InChI is InChI=1S/C19H20ClN3O4/c1-3-27-16-10-14(9-15(20)17(16)26-2)12-22-23-19(25)18(24)21-11-13-7-5-4-6-8-13/h4-10,12H,3,11H2,1-2H3,(H,21,24)(H,23,25)/b22-12-. The Morgan fingerprint density at radius 3 is 2.59 bits per heavy atom. The maximum absolute atomic E-state index is 11.8. The maximum atomic E-state index is 11.8. The van der Waals surface area contributed by atoms with Crippen LogP contribution in [0.25, 0.3) is 0 Å². The van der Waals surface area contributed by atoms with E-state index in [0.717, 1.165) is 5.56 Å². The van der Waals surface area contributed by atoms with E-state index in [0.29, 0.717) is 28.7 Å². The number of rotatable bonds is 7. The molecule has 0 saturated carbocycles. The number of hydrogen-bond acceptors (Lipinski definition) is 5. The highest BCUT2D eigenvalue weighted by Gasteiger charge is 2.13. The molecule has 7 nitrogen and oxygen atoms in total. The summed E-state index contributed by atoms with van der Waals surface area (Å²) in [6.45, 7) is 2.52. The number of ether oxygens (including phenoxy) is 2. The second-order valence-corrected chi connectivity index (χ2v) is 5.74. The monoisotopic (exact) mass is 389 g/mol. The van der Waals surface area contributed by atoms with E-state index in [9.17, 15) is 9.59 Å². The minimum atomic E-state index is -0.869. The Kier molecular flexibility index (Phi) is 7.63. The summed E-state index contributed by atoms with van der Waals surface area (Å²) < 4.78 is 10.7. The van der Waals surface area contributed by atoms with Crippen molar-refractivity contribution < 1.29 is 19.1 Å². The molecular formula is C19H20ClN3O4. The van der Waals surface area contributed by atoms with Crippen LogP contribution in [0, 0.1) is 0 Å². The molecule has 0 spiro atoms. The number of nitrogens with one attached hydrogen (secondary N) is 2. The topological polar surface area (TPSA) is 89.0 Å². The van der Waals surface area contributed by atoms with Crippen LogP contribution in [0.4, 0.5) is 0 Å². The van der Waals surface area contributed by atoms with Gasteiger partial charge in [0.05, 0.1) is 25.0 Å². The molecule has 8 heteroatoms. The molecule has 0 heterocycles. The lowest BCUT2D eigenvalue weighted by molar-refractivity contribution is -0.139. The van der Waals surface area contributed by atoms with Crippen molar-refractivity contribution >= 4 is 29.6 Å². The number of methoxy groups -OCH3 is 1. The van der Waals surface area contributed by atoms with E-state index in [1.807, 2.05) is 37.3 Å². The summed E-state index contributed by atoms with van der Waals surface area (Å²) in [6, 6.07) is 12.5. The average Bonchev–Trinajstić information content (AvgIpc) is 2.67. The third kappa shape index (κ3) is 6.00. The number of carbonyl (C=O) groups is 2. The van der Waals surface area contributed by atoms with Crippen LogP contribution in [0.1, 0.15) is 18.1 Å². The van der Waals surface area contributed by atoms with E-state index < -0.39 is 11.8 Å². The van der Waals surface area contributed by atoms with Crippen LogP contribution in [-0.2, 0) is 16.1 Å². The van der Waals surface area contributed by atoms with Crippen molar-refractivity contribution in [3.8, 4) is 11.5 Å². The summed E-state index contributed by atoms with van der Waals surface area (Å²) in [6.07, 6.45) is 1.36. The van der Waals surface area contributed by atoms with E-state index in [2.05, 4.69) is 15.8 Å². The molecule has 142 valence electrons. The van der Waals surface area contributed by atoms with Crippen molar-refractivity contribution in [3.05, 3.63) is 58.6 Å². The molecule has 2 amide bonds. The van der Waals surface area contributed by atoms with Gasteiger partial charge in [-0.3, -0.25) is 9.59 Å². The largest absolute Gasteiger partial charge is 0.491 e. The normalized spacial score (nSPS) is 10.5. The Morgan fingerprint density at radius 2 is 1.93 bits per heavy atom. The number of halogens is 1. The van der Waals surface area contributed by atoms with Crippen LogP contribution < -0.4 is 20.2 Å². The average molecular weight is 390 g/mol. The van der Waals surface area contributed by atoms with Crippen LogP contribution in [0.15, 0.2) is 47.6 Å². The highest BCUT2D eigenvalue weighted by atomic mass is 35.5. The molecule has 0 aliphatic heterocycles. The second kappa shape index (κ2) is 10.2. The highest BCUT2D eigenvalue weighted by molar-refractivity contribution is 6.35. The van der Waals surface area contributed by atoms with Gasteiger partial charge in [0.25, 0.3) is 0 Å². The molecule has 0 atom stereocenters. The number of nitrogens with zero attached hydrogens (tertiary/aromatic N) is 1.